The number of rotatable bonds is 1. The molecule has 2 N–H and O–H groups in total. The molecular weight excluding hydrogens is 247 g/mol. The number of nitrogens with two attached hydrogens (primary N) is 1. The average Bonchev–Trinajstić information content (AvgIpc) is 2.03. The van der Waals surface area contributed by atoms with Crippen LogP contribution < -0.4 is 5.73 Å². The fraction of sp³-hybridized carbons (Fsp3) is 0.250. The highest BCUT2D eigenvalue weighted by atomic mass is 79.9. The first-order chi connectivity index (χ1) is 5.55. The summed E-state index contributed by atoms with van der Waals surface area (Å²) in [5, 5.41) is 0. The predicted octanol–water partition coefficient (Wildman–Crippen LogP) is 2.74. The van der Waals surface area contributed by atoms with Gasteiger partial charge in [0.1, 0.15) is 0 Å². The maximum atomic E-state index is 12.2. The van der Waals surface area contributed by atoms with E-state index in [1.54, 1.807) is 0 Å². The summed E-state index contributed by atoms with van der Waals surface area (Å²) in [7, 11) is 0. The van der Waals surface area contributed by atoms with Crippen molar-refractivity contribution >= 4 is 17.0 Å². The van der Waals surface area contributed by atoms with Gasteiger partial charge in [0.05, 0.1) is 5.56 Å². The number of halogens is 4. The van der Waals surface area contributed by atoms with E-state index in [-0.39, 0.29) is 29.1 Å². The molecule has 0 radical (unpaired) electrons. The van der Waals surface area contributed by atoms with Crippen LogP contribution >= 0.6 is 17.0 Å². The summed E-state index contributed by atoms with van der Waals surface area (Å²) in [6.45, 7) is -0.0876. The number of benzene rings is 1. The second-order valence-electron chi connectivity index (χ2n) is 2.36. The highest BCUT2D eigenvalue weighted by Crippen LogP contribution is 2.31. The molecule has 0 heterocycles. The first-order valence-electron chi connectivity index (χ1n) is 3.41. The van der Waals surface area contributed by atoms with Crippen molar-refractivity contribution < 1.29 is 13.2 Å². The Morgan fingerprint density at radius 1 is 1.15 bits per heavy atom. The summed E-state index contributed by atoms with van der Waals surface area (Å²) in [6.07, 6.45) is -4.30. The molecule has 1 aromatic carbocycles. The van der Waals surface area contributed by atoms with Crippen LogP contribution in [0.5, 0.6) is 0 Å². The lowest BCUT2D eigenvalue weighted by atomic mass is 10.1. The molecule has 1 nitrogen and oxygen atoms in total. The molecule has 1 aromatic rings. The zero-order valence-electron chi connectivity index (χ0n) is 6.64. The lowest BCUT2D eigenvalue weighted by molar-refractivity contribution is -0.138. The molecule has 0 saturated heterocycles. The van der Waals surface area contributed by atoms with Crippen molar-refractivity contribution in [2.45, 2.75) is 12.7 Å². The first kappa shape index (κ1) is 12.4. The molecule has 0 aliphatic heterocycles. The number of alkyl halides is 3. The minimum Gasteiger partial charge on any atom is -0.326 e. The zero-order valence-corrected chi connectivity index (χ0v) is 8.35. The van der Waals surface area contributed by atoms with Gasteiger partial charge in [0, 0.05) is 6.54 Å². The molecule has 5 heteroatoms. The van der Waals surface area contributed by atoms with E-state index in [4.69, 9.17) is 5.73 Å². The Morgan fingerprint density at radius 3 is 2.08 bits per heavy atom. The Kier molecular flexibility index (Phi) is 4.43. The van der Waals surface area contributed by atoms with Gasteiger partial charge in [-0.25, -0.2) is 0 Å². The van der Waals surface area contributed by atoms with Gasteiger partial charge in [-0.15, -0.1) is 17.0 Å². The van der Waals surface area contributed by atoms with E-state index in [2.05, 4.69) is 0 Å². The molecule has 0 bridgehead atoms. The van der Waals surface area contributed by atoms with Crippen LogP contribution in [0.15, 0.2) is 24.3 Å². The van der Waals surface area contributed by atoms with Crippen molar-refractivity contribution in [3.8, 4) is 0 Å². The molecule has 0 saturated carbocycles. The van der Waals surface area contributed by atoms with Gasteiger partial charge in [0.25, 0.3) is 0 Å². The molecule has 0 unspecified atom stereocenters. The molecule has 0 spiro atoms. The van der Waals surface area contributed by atoms with Crippen molar-refractivity contribution in [3.63, 3.8) is 0 Å². The summed E-state index contributed by atoms with van der Waals surface area (Å²) >= 11 is 0. The van der Waals surface area contributed by atoms with Crippen LogP contribution in [0.1, 0.15) is 11.1 Å². The van der Waals surface area contributed by atoms with Crippen molar-refractivity contribution in [3.05, 3.63) is 35.4 Å². The van der Waals surface area contributed by atoms with Crippen LogP contribution in [0, 0.1) is 0 Å². The Labute approximate surface area is 84.5 Å². The molecule has 0 aliphatic carbocycles. The van der Waals surface area contributed by atoms with E-state index in [0.717, 1.165) is 6.07 Å². The van der Waals surface area contributed by atoms with Gasteiger partial charge >= 0.3 is 6.18 Å². The summed E-state index contributed by atoms with van der Waals surface area (Å²) in [5.41, 5.74) is 4.63. The summed E-state index contributed by atoms with van der Waals surface area (Å²) in [5.74, 6) is 0. The standard InChI is InChI=1S/C8H8F3N.BrH/c9-8(10,11)7-4-2-1-3-6(7)5-12;/h1-4H,5,12H2;1H. The Morgan fingerprint density at radius 2 is 1.69 bits per heavy atom. The lowest BCUT2D eigenvalue weighted by Crippen LogP contribution is -2.11. The van der Waals surface area contributed by atoms with Gasteiger partial charge < -0.3 is 5.73 Å². The predicted molar refractivity (Wildman–Crippen MR) is 49.7 cm³/mol. The molecule has 1 rings (SSSR count). The lowest BCUT2D eigenvalue weighted by Gasteiger charge is -2.10. The van der Waals surface area contributed by atoms with E-state index in [9.17, 15) is 13.2 Å². The second-order valence-corrected chi connectivity index (χ2v) is 2.36. The van der Waals surface area contributed by atoms with Crippen molar-refractivity contribution in [1.29, 1.82) is 0 Å². The van der Waals surface area contributed by atoms with Crippen molar-refractivity contribution in [2.75, 3.05) is 0 Å². The maximum Gasteiger partial charge on any atom is 0.416 e. The fourth-order valence-corrected chi connectivity index (χ4v) is 0.975. The molecule has 0 aromatic heterocycles. The third kappa shape index (κ3) is 3.00. The van der Waals surface area contributed by atoms with Gasteiger partial charge in [0.2, 0.25) is 0 Å². The summed E-state index contributed by atoms with van der Waals surface area (Å²) in [4.78, 5) is 0. The monoisotopic (exact) mass is 255 g/mol. The molecule has 0 atom stereocenters. The van der Waals surface area contributed by atoms with E-state index in [1.165, 1.54) is 18.2 Å². The van der Waals surface area contributed by atoms with Crippen LogP contribution in [0.2, 0.25) is 0 Å². The Hall–Kier alpha value is -0.550. The molecule has 0 amide bonds. The van der Waals surface area contributed by atoms with Crippen LogP contribution in [0.25, 0.3) is 0 Å². The minimum absolute atomic E-state index is 0. The topological polar surface area (TPSA) is 26.0 Å². The van der Waals surface area contributed by atoms with E-state index in [0.29, 0.717) is 0 Å². The molecule has 0 fully saturated rings. The Bertz CT molecular complexity index is 272. The van der Waals surface area contributed by atoms with E-state index in [1.807, 2.05) is 0 Å². The van der Waals surface area contributed by atoms with E-state index < -0.39 is 11.7 Å². The van der Waals surface area contributed by atoms with Gasteiger partial charge in [-0.3, -0.25) is 0 Å². The summed E-state index contributed by atoms with van der Waals surface area (Å²) < 4.78 is 36.5. The fourth-order valence-electron chi connectivity index (χ4n) is 0.975. The van der Waals surface area contributed by atoms with Gasteiger partial charge in [-0.05, 0) is 11.6 Å². The van der Waals surface area contributed by atoms with Gasteiger partial charge in [-0.2, -0.15) is 13.2 Å². The SMILES string of the molecule is Br.NCc1ccccc1C(F)(F)F. The molecular formula is C8H9BrF3N. The van der Waals surface area contributed by atoms with Gasteiger partial charge in [-0.1, -0.05) is 18.2 Å². The average molecular weight is 256 g/mol. The number of hydrogen-bond acceptors (Lipinski definition) is 1. The van der Waals surface area contributed by atoms with Gasteiger partial charge in [0.15, 0.2) is 0 Å². The summed E-state index contributed by atoms with van der Waals surface area (Å²) in [6, 6.07) is 5.30. The molecule has 13 heavy (non-hydrogen) atoms. The van der Waals surface area contributed by atoms with Crippen molar-refractivity contribution in [1.82, 2.24) is 0 Å². The second kappa shape index (κ2) is 4.62. The third-order valence-electron chi connectivity index (χ3n) is 1.54. The molecule has 0 aliphatic rings. The largest absolute Gasteiger partial charge is 0.416 e. The number of hydrogen-bond donors (Lipinski definition) is 1. The minimum atomic E-state index is -4.30. The van der Waals surface area contributed by atoms with Crippen molar-refractivity contribution in [2.24, 2.45) is 5.73 Å². The smallest absolute Gasteiger partial charge is 0.326 e. The maximum absolute atomic E-state index is 12.2. The first-order valence-corrected chi connectivity index (χ1v) is 3.41. The third-order valence-corrected chi connectivity index (χ3v) is 1.54. The zero-order chi connectivity index (χ0) is 9.19. The highest BCUT2D eigenvalue weighted by Gasteiger charge is 2.32. The van der Waals surface area contributed by atoms with Crippen LogP contribution in [-0.2, 0) is 12.7 Å². The van der Waals surface area contributed by atoms with Crippen LogP contribution in [-0.4, -0.2) is 0 Å². The van der Waals surface area contributed by atoms with Crippen LogP contribution in [0.4, 0.5) is 13.2 Å². The molecule has 74 valence electrons. The Balaban J connectivity index is 0.00000144. The van der Waals surface area contributed by atoms with Crippen LogP contribution in [0.3, 0.4) is 0 Å². The quantitative estimate of drug-likeness (QED) is 0.821. The van der Waals surface area contributed by atoms with E-state index >= 15 is 0 Å². The highest BCUT2D eigenvalue weighted by molar-refractivity contribution is 8.93. The normalized spacial score (nSPS) is 10.8.